The molecule has 0 spiro atoms. The van der Waals surface area contributed by atoms with E-state index in [1.54, 1.807) is 38.2 Å². The van der Waals surface area contributed by atoms with Gasteiger partial charge in [-0.15, -0.1) is 5.10 Å². The lowest BCUT2D eigenvalue weighted by atomic mass is 10.2. The van der Waals surface area contributed by atoms with E-state index in [1.165, 1.54) is 15.9 Å². The largest absolute Gasteiger partial charge is 0.449 e. The second-order valence-corrected chi connectivity index (χ2v) is 5.59. The van der Waals surface area contributed by atoms with E-state index in [1.807, 2.05) is 30.3 Å². The third kappa shape index (κ3) is 3.75. The molecule has 1 aromatic heterocycles. The molecule has 8 nitrogen and oxygen atoms in total. The second-order valence-electron chi connectivity index (χ2n) is 5.59. The molecule has 0 aliphatic carbocycles. The number of ether oxygens (including phenoxy) is 1. The Morgan fingerprint density at radius 1 is 1.12 bits per heavy atom. The van der Waals surface area contributed by atoms with Crippen molar-refractivity contribution in [3.8, 4) is 5.69 Å². The maximum Gasteiger partial charge on any atom is 0.338 e. The van der Waals surface area contributed by atoms with Gasteiger partial charge < -0.3 is 9.64 Å². The van der Waals surface area contributed by atoms with Gasteiger partial charge in [-0.05, 0) is 47.7 Å². The van der Waals surface area contributed by atoms with Crippen LogP contribution < -0.4 is 4.90 Å². The summed E-state index contributed by atoms with van der Waals surface area (Å²) in [5.74, 6) is -0.914. The number of aromatic nitrogens is 4. The lowest BCUT2D eigenvalue weighted by Gasteiger charge is -2.21. The average Bonchev–Trinajstić information content (AvgIpc) is 3.22. The molecule has 0 aliphatic rings. The molecule has 0 aliphatic heterocycles. The van der Waals surface area contributed by atoms with Crippen molar-refractivity contribution in [3.05, 3.63) is 66.5 Å². The first-order chi connectivity index (χ1) is 12.6. The number of carbonyl (C=O) groups excluding carboxylic acids is 2. The number of hydrogen-bond donors (Lipinski definition) is 0. The SMILES string of the molecule is C[C@@H](OC(=O)c1cccc(-n2cnnn2)c1)C(=O)N(C)c1ccccc1. The first-order valence-corrected chi connectivity index (χ1v) is 7.93. The topological polar surface area (TPSA) is 90.2 Å². The number of para-hydroxylation sites is 1. The summed E-state index contributed by atoms with van der Waals surface area (Å²) in [6.07, 6.45) is 0.496. The molecular formula is C18H17N5O3. The summed E-state index contributed by atoms with van der Waals surface area (Å²) in [5.41, 5.74) is 1.64. The number of rotatable bonds is 5. The molecule has 0 N–H and O–H groups in total. The number of esters is 1. The Morgan fingerprint density at radius 3 is 2.58 bits per heavy atom. The van der Waals surface area contributed by atoms with E-state index in [0.29, 0.717) is 11.3 Å². The van der Waals surface area contributed by atoms with E-state index >= 15 is 0 Å². The molecule has 1 amide bonds. The Labute approximate surface area is 150 Å². The molecule has 26 heavy (non-hydrogen) atoms. The quantitative estimate of drug-likeness (QED) is 0.652. The predicted molar refractivity (Wildman–Crippen MR) is 93.9 cm³/mol. The summed E-state index contributed by atoms with van der Waals surface area (Å²) in [7, 11) is 1.64. The molecule has 0 saturated heterocycles. The Bertz CT molecular complexity index is 896. The molecule has 2 aromatic carbocycles. The van der Waals surface area contributed by atoms with Gasteiger partial charge in [0.05, 0.1) is 11.3 Å². The Hall–Kier alpha value is -3.55. The van der Waals surface area contributed by atoms with Gasteiger partial charge in [0, 0.05) is 12.7 Å². The van der Waals surface area contributed by atoms with Crippen molar-refractivity contribution in [1.29, 1.82) is 0 Å². The van der Waals surface area contributed by atoms with Gasteiger partial charge in [0.1, 0.15) is 6.33 Å². The fourth-order valence-corrected chi connectivity index (χ4v) is 2.39. The van der Waals surface area contributed by atoms with Crippen LogP contribution in [0.5, 0.6) is 0 Å². The number of anilines is 1. The van der Waals surface area contributed by atoms with Gasteiger partial charge in [-0.1, -0.05) is 24.3 Å². The summed E-state index contributed by atoms with van der Waals surface area (Å²) >= 11 is 0. The van der Waals surface area contributed by atoms with Crippen LogP contribution in [0.15, 0.2) is 60.9 Å². The van der Waals surface area contributed by atoms with Crippen molar-refractivity contribution in [2.75, 3.05) is 11.9 Å². The minimum atomic E-state index is -0.926. The van der Waals surface area contributed by atoms with Crippen molar-refractivity contribution in [1.82, 2.24) is 20.2 Å². The summed E-state index contributed by atoms with van der Waals surface area (Å²) in [6, 6.07) is 15.8. The number of tetrazole rings is 1. The zero-order valence-electron chi connectivity index (χ0n) is 14.3. The summed E-state index contributed by atoms with van der Waals surface area (Å²) in [5, 5.41) is 10.9. The third-order valence-electron chi connectivity index (χ3n) is 3.80. The van der Waals surface area contributed by atoms with Gasteiger partial charge >= 0.3 is 5.97 Å². The lowest BCUT2D eigenvalue weighted by molar-refractivity contribution is -0.126. The molecular weight excluding hydrogens is 334 g/mol. The van der Waals surface area contributed by atoms with E-state index in [9.17, 15) is 9.59 Å². The molecule has 1 heterocycles. The average molecular weight is 351 g/mol. The van der Waals surface area contributed by atoms with Crippen molar-refractivity contribution < 1.29 is 14.3 Å². The van der Waals surface area contributed by atoms with E-state index in [0.717, 1.165) is 5.69 Å². The van der Waals surface area contributed by atoms with Crippen molar-refractivity contribution in [2.45, 2.75) is 13.0 Å². The van der Waals surface area contributed by atoms with E-state index in [2.05, 4.69) is 15.5 Å². The lowest BCUT2D eigenvalue weighted by Crippen LogP contribution is -2.37. The van der Waals surface area contributed by atoms with Gasteiger partial charge in [-0.25, -0.2) is 9.48 Å². The second kappa shape index (κ2) is 7.56. The molecule has 0 fully saturated rings. The van der Waals surface area contributed by atoms with Gasteiger partial charge in [-0.3, -0.25) is 4.79 Å². The maximum atomic E-state index is 12.5. The van der Waals surface area contributed by atoms with Crippen LogP contribution in [0.3, 0.4) is 0 Å². The predicted octanol–water partition coefficient (Wildman–Crippen LogP) is 1.87. The Balaban J connectivity index is 1.69. The van der Waals surface area contributed by atoms with Crippen molar-refractivity contribution >= 4 is 17.6 Å². The molecule has 0 radical (unpaired) electrons. The minimum absolute atomic E-state index is 0.306. The fourth-order valence-electron chi connectivity index (χ4n) is 2.39. The highest BCUT2D eigenvalue weighted by atomic mass is 16.5. The Kier molecular flexibility index (Phi) is 5.02. The highest BCUT2D eigenvalue weighted by Crippen LogP contribution is 2.15. The van der Waals surface area contributed by atoms with Crippen LogP contribution in [0.25, 0.3) is 5.69 Å². The van der Waals surface area contributed by atoms with Crippen molar-refractivity contribution in [3.63, 3.8) is 0 Å². The number of amides is 1. The highest BCUT2D eigenvalue weighted by Gasteiger charge is 2.23. The van der Waals surface area contributed by atoms with Crippen LogP contribution >= 0.6 is 0 Å². The monoisotopic (exact) mass is 351 g/mol. The first kappa shape index (κ1) is 17.3. The number of hydrogen-bond acceptors (Lipinski definition) is 6. The fraction of sp³-hybridized carbons (Fsp3) is 0.167. The van der Waals surface area contributed by atoms with Crippen LogP contribution in [0, 0.1) is 0 Å². The normalized spacial score (nSPS) is 11.6. The highest BCUT2D eigenvalue weighted by molar-refractivity contribution is 5.98. The zero-order chi connectivity index (χ0) is 18.5. The van der Waals surface area contributed by atoms with Gasteiger partial charge in [-0.2, -0.15) is 0 Å². The zero-order valence-corrected chi connectivity index (χ0v) is 14.3. The summed E-state index contributed by atoms with van der Waals surface area (Å²) < 4.78 is 6.75. The van der Waals surface area contributed by atoms with Crippen LogP contribution in [0.4, 0.5) is 5.69 Å². The molecule has 1 atom stereocenters. The summed E-state index contributed by atoms with van der Waals surface area (Å²) in [4.78, 5) is 26.3. The van der Waals surface area contributed by atoms with E-state index in [4.69, 9.17) is 4.74 Å². The maximum absolute atomic E-state index is 12.5. The standard InChI is InChI=1S/C18H17N5O3/c1-13(17(24)22(2)15-8-4-3-5-9-15)26-18(25)14-7-6-10-16(11-14)23-12-19-20-21-23/h3-13H,1-2H3/t13-/m1/s1. The van der Waals surface area contributed by atoms with Gasteiger partial charge in [0.25, 0.3) is 5.91 Å². The third-order valence-corrected chi connectivity index (χ3v) is 3.80. The molecule has 0 unspecified atom stereocenters. The molecule has 3 rings (SSSR count). The smallest absolute Gasteiger partial charge is 0.338 e. The molecule has 0 saturated carbocycles. The van der Waals surface area contributed by atoms with Crippen molar-refractivity contribution in [2.24, 2.45) is 0 Å². The molecule has 0 bridgehead atoms. The number of nitrogens with zero attached hydrogens (tertiary/aromatic N) is 5. The van der Waals surface area contributed by atoms with Crippen LogP contribution in [0.2, 0.25) is 0 Å². The number of carbonyl (C=O) groups is 2. The molecule has 3 aromatic rings. The minimum Gasteiger partial charge on any atom is -0.449 e. The van der Waals surface area contributed by atoms with E-state index in [-0.39, 0.29) is 5.91 Å². The van der Waals surface area contributed by atoms with Crippen LogP contribution in [-0.2, 0) is 9.53 Å². The Morgan fingerprint density at radius 2 is 1.88 bits per heavy atom. The van der Waals surface area contributed by atoms with Crippen LogP contribution in [0.1, 0.15) is 17.3 Å². The molecule has 132 valence electrons. The number of likely N-dealkylation sites (N-methyl/N-ethyl adjacent to an activating group) is 1. The first-order valence-electron chi connectivity index (χ1n) is 7.93. The van der Waals surface area contributed by atoms with Gasteiger partial charge in [0.15, 0.2) is 6.10 Å². The number of benzene rings is 2. The van der Waals surface area contributed by atoms with Gasteiger partial charge in [0.2, 0.25) is 0 Å². The summed E-state index contributed by atoms with van der Waals surface area (Å²) in [6.45, 7) is 1.55. The van der Waals surface area contributed by atoms with E-state index < -0.39 is 12.1 Å². The molecule has 8 heteroatoms. The van der Waals surface area contributed by atoms with Crippen LogP contribution in [-0.4, -0.2) is 45.2 Å².